The van der Waals surface area contributed by atoms with Crippen molar-refractivity contribution in [3.63, 3.8) is 0 Å². The monoisotopic (exact) mass is 613 g/mol. The van der Waals surface area contributed by atoms with Gasteiger partial charge in [-0.05, 0) is 89.9 Å². The van der Waals surface area contributed by atoms with Gasteiger partial charge in [-0.25, -0.2) is 0 Å². The third-order valence-corrected chi connectivity index (χ3v) is 7.31. The minimum absolute atomic E-state index is 0.229. The SMILES string of the molecule is CCOc1cc(C2NC(=S)NC(C)=C2C(=O)Nc2ccc(CC)cc2)cc(Br)c1OCc1ccccc1Cl. The van der Waals surface area contributed by atoms with Gasteiger partial charge in [-0.3, -0.25) is 4.79 Å². The smallest absolute Gasteiger partial charge is 0.255 e. The highest BCUT2D eigenvalue weighted by molar-refractivity contribution is 9.10. The molecule has 1 amide bonds. The van der Waals surface area contributed by atoms with Crippen LogP contribution >= 0.6 is 39.7 Å². The summed E-state index contributed by atoms with van der Waals surface area (Å²) in [6, 6.07) is 18.6. The van der Waals surface area contributed by atoms with Gasteiger partial charge < -0.3 is 25.4 Å². The van der Waals surface area contributed by atoms with Gasteiger partial charge in [0.15, 0.2) is 16.6 Å². The van der Waals surface area contributed by atoms with Gasteiger partial charge in [-0.15, -0.1) is 0 Å². The molecular formula is C29H29BrClN3O3S. The van der Waals surface area contributed by atoms with E-state index >= 15 is 0 Å². The van der Waals surface area contributed by atoms with E-state index in [2.05, 4.69) is 38.8 Å². The van der Waals surface area contributed by atoms with Gasteiger partial charge >= 0.3 is 0 Å². The Hall–Kier alpha value is -3.07. The maximum Gasteiger partial charge on any atom is 0.255 e. The average Bonchev–Trinajstić information content (AvgIpc) is 2.89. The number of anilines is 1. The fourth-order valence-corrected chi connectivity index (χ4v) is 5.23. The van der Waals surface area contributed by atoms with E-state index in [4.69, 9.17) is 33.3 Å². The van der Waals surface area contributed by atoms with Crippen molar-refractivity contribution in [2.24, 2.45) is 0 Å². The van der Waals surface area contributed by atoms with Crippen molar-refractivity contribution in [1.29, 1.82) is 0 Å². The van der Waals surface area contributed by atoms with Crippen LogP contribution in [0.5, 0.6) is 11.5 Å². The highest BCUT2D eigenvalue weighted by Crippen LogP contribution is 2.41. The lowest BCUT2D eigenvalue weighted by molar-refractivity contribution is -0.113. The van der Waals surface area contributed by atoms with Crippen LogP contribution in [-0.4, -0.2) is 17.6 Å². The quantitative estimate of drug-likeness (QED) is 0.224. The van der Waals surface area contributed by atoms with Crippen molar-refractivity contribution >= 4 is 56.5 Å². The number of rotatable bonds is 9. The first-order chi connectivity index (χ1) is 18.3. The molecular weight excluding hydrogens is 586 g/mol. The fraction of sp³-hybridized carbons (Fsp3) is 0.241. The molecule has 0 saturated carbocycles. The summed E-state index contributed by atoms with van der Waals surface area (Å²) in [5.74, 6) is 0.866. The molecule has 0 spiro atoms. The van der Waals surface area contributed by atoms with E-state index in [1.165, 1.54) is 5.56 Å². The van der Waals surface area contributed by atoms with Crippen molar-refractivity contribution in [2.45, 2.75) is 39.8 Å². The molecule has 3 aromatic carbocycles. The van der Waals surface area contributed by atoms with Crippen molar-refractivity contribution in [3.8, 4) is 11.5 Å². The Morgan fingerprint density at radius 2 is 1.84 bits per heavy atom. The minimum atomic E-state index is -0.508. The van der Waals surface area contributed by atoms with E-state index in [1.54, 1.807) is 0 Å². The van der Waals surface area contributed by atoms with E-state index in [0.29, 0.717) is 44.0 Å². The first-order valence-electron chi connectivity index (χ1n) is 12.3. The highest BCUT2D eigenvalue weighted by atomic mass is 79.9. The first-order valence-corrected chi connectivity index (χ1v) is 13.9. The summed E-state index contributed by atoms with van der Waals surface area (Å²) >= 11 is 15.4. The van der Waals surface area contributed by atoms with Crippen LogP contribution in [0, 0.1) is 0 Å². The number of carbonyl (C=O) groups excluding carboxylic acids is 1. The number of hydrogen-bond acceptors (Lipinski definition) is 4. The van der Waals surface area contributed by atoms with Crippen molar-refractivity contribution < 1.29 is 14.3 Å². The molecule has 3 aromatic rings. The largest absolute Gasteiger partial charge is 0.490 e. The van der Waals surface area contributed by atoms with Gasteiger partial charge in [0, 0.05) is 22.0 Å². The van der Waals surface area contributed by atoms with Crippen molar-refractivity contribution in [1.82, 2.24) is 10.6 Å². The molecule has 1 unspecified atom stereocenters. The number of nitrogens with one attached hydrogen (secondary N) is 3. The maximum absolute atomic E-state index is 13.5. The zero-order chi connectivity index (χ0) is 27.2. The topological polar surface area (TPSA) is 71.6 Å². The van der Waals surface area contributed by atoms with Gasteiger partial charge in [0.2, 0.25) is 0 Å². The first kappa shape index (κ1) is 28.0. The summed E-state index contributed by atoms with van der Waals surface area (Å²) in [6.07, 6.45) is 0.932. The van der Waals surface area contributed by atoms with E-state index in [-0.39, 0.29) is 12.5 Å². The van der Waals surface area contributed by atoms with E-state index in [9.17, 15) is 4.79 Å². The predicted molar refractivity (Wildman–Crippen MR) is 160 cm³/mol. The lowest BCUT2D eigenvalue weighted by Crippen LogP contribution is -2.45. The Balaban J connectivity index is 1.65. The summed E-state index contributed by atoms with van der Waals surface area (Å²) in [5, 5.41) is 10.4. The molecule has 1 aliphatic heterocycles. The summed E-state index contributed by atoms with van der Waals surface area (Å²) in [6.45, 7) is 6.55. The second-order valence-electron chi connectivity index (χ2n) is 8.72. The number of ether oxygens (including phenoxy) is 2. The van der Waals surface area contributed by atoms with Gasteiger partial charge in [-0.2, -0.15) is 0 Å². The van der Waals surface area contributed by atoms with Gasteiger partial charge in [0.1, 0.15) is 6.61 Å². The van der Waals surface area contributed by atoms with Gasteiger partial charge in [0.25, 0.3) is 5.91 Å². The molecule has 4 rings (SSSR count). The van der Waals surface area contributed by atoms with Crippen LogP contribution in [-0.2, 0) is 17.8 Å². The molecule has 6 nitrogen and oxygen atoms in total. The Morgan fingerprint density at radius 1 is 1.11 bits per heavy atom. The van der Waals surface area contributed by atoms with Crippen LogP contribution in [0.15, 0.2) is 76.4 Å². The Labute approximate surface area is 241 Å². The molecule has 38 heavy (non-hydrogen) atoms. The van der Waals surface area contributed by atoms with Crippen LogP contribution in [0.25, 0.3) is 0 Å². The standard InChI is InChI=1S/C29H29BrClN3O3S/c1-4-18-10-12-21(13-11-18)33-28(35)25-17(3)32-29(38)34-26(25)20-14-22(30)27(24(15-20)36-5-2)37-16-19-8-6-7-9-23(19)31/h6-15,26H,4-5,16H2,1-3H3,(H,33,35)(H2,32,34,38). The molecule has 9 heteroatoms. The summed E-state index contributed by atoms with van der Waals surface area (Å²) in [7, 11) is 0. The van der Waals surface area contributed by atoms with Crippen LogP contribution in [0.2, 0.25) is 5.02 Å². The zero-order valence-electron chi connectivity index (χ0n) is 21.4. The normalized spacial score (nSPS) is 15.0. The Kier molecular flexibility index (Phi) is 9.31. The number of hydrogen-bond donors (Lipinski definition) is 3. The van der Waals surface area contributed by atoms with Crippen molar-refractivity contribution in [2.75, 3.05) is 11.9 Å². The maximum atomic E-state index is 13.5. The number of carbonyl (C=O) groups is 1. The van der Waals surface area contributed by atoms with Crippen LogP contribution < -0.4 is 25.4 Å². The third-order valence-electron chi connectivity index (χ3n) is 6.13. The van der Waals surface area contributed by atoms with E-state index < -0.39 is 6.04 Å². The fourth-order valence-electron chi connectivity index (χ4n) is 4.19. The van der Waals surface area contributed by atoms with E-state index in [0.717, 1.165) is 23.2 Å². The Morgan fingerprint density at radius 3 is 2.53 bits per heavy atom. The number of allylic oxidation sites excluding steroid dienone is 1. The van der Waals surface area contributed by atoms with Gasteiger partial charge in [0.05, 0.1) is 22.7 Å². The summed E-state index contributed by atoms with van der Waals surface area (Å²) in [4.78, 5) is 13.5. The molecule has 0 aliphatic carbocycles. The molecule has 0 saturated heterocycles. The number of amides is 1. The molecule has 1 atom stereocenters. The molecule has 1 aliphatic rings. The second-order valence-corrected chi connectivity index (χ2v) is 10.4. The Bertz CT molecular complexity index is 1380. The number of halogens is 2. The lowest BCUT2D eigenvalue weighted by Gasteiger charge is -2.31. The minimum Gasteiger partial charge on any atom is -0.490 e. The summed E-state index contributed by atoms with van der Waals surface area (Å²) in [5.41, 5.74) is 4.78. The molecule has 0 bridgehead atoms. The summed E-state index contributed by atoms with van der Waals surface area (Å²) < 4.78 is 12.8. The molecule has 3 N–H and O–H groups in total. The molecule has 1 heterocycles. The average molecular weight is 615 g/mol. The van der Waals surface area contributed by atoms with Crippen molar-refractivity contribution in [3.05, 3.63) is 98.1 Å². The third kappa shape index (κ3) is 6.49. The number of benzene rings is 3. The number of thiocarbonyl (C=S) groups is 1. The highest BCUT2D eigenvalue weighted by Gasteiger charge is 2.31. The van der Waals surface area contributed by atoms with Crippen LogP contribution in [0.4, 0.5) is 5.69 Å². The molecule has 0 aromatic heterocycles. The van der Waals surface area contributed by atoms with Crippen LogP contribution in [0.1, 0.15) is 43.5 Å². The van der Waals surface area contributed by atoms with Gasteiger partial charge in [-0.1, -0.05) is 48.9 Å². The number of aryl methyl sites for hydroxylation is 1. The van der Waals surface area contributed by atoms with Crippen LogP contribution in [0.3, 0.4) is 0 Å². The van der Waals surface area contributed by atoms with E-state index in [1.807, 2.05) is 74.5 Å². The second kappa shape index (κ2) is 12.7. The predicted octanol–water partition coefficient (Wildman–Crippen LogP) is 7.07. The molecule has 198 valence electrons. The molecule has 0 radical (unpaired) electrons. The zero-order valence-corrected chi connectivity index (χ0v) is 24.5. The molecule has 0 fully saturated rings. The lowest BCUT2D eigenvalue weighted by atomic mass is 9.94.